The fourth-order valence-corrected chi connectivity index (χ4v) is 3.59. The minimum Gasteiger partial charge on any atom is -0.353 e. The van der Waals surface area contributed by atoms with Crippen LogP contribution in [-0.2, 0) is 6.54 Å². The Morgan fingerprint density at radius 3 is 3.11 bits per heavy atom. The molecule has 2 N–H and O–H groups in total. The molecule has 1 atom stereocenters. The Bertz CT molecular complexity index is 956. The molecule has 28 heavy (non-hydrogen) atoms. The fourth-order valence-electron chi connectivity index (χ4n) is 3.59. The van der Waals surface area contributed by atoms with Gasteiger partial charge in [-0.05, 0) is 37.5 Å². The Balaban J connectivity index is 1.35. The van der Waals surface area contributed by atoms with Crippen molar-refractivity contribution in [3.8, 4) is 0 Å². The van der Waals surface area contributed by atoms with Gasteiger partial charge >= 0.3 is 6.03 Å². The molecule has 1 aliphatic rings. The number of benzene rings is 1. The van der Waals surface area contributed by atoms with E-state index in [9.17, 15) is 4.79 Å². The molecule has 1 saturated heterocycles. The summed E-state index contributed by atoms with van der Waals surface area (Å²) in [6.07, 6.45) is 7.09. The number of imidazole rings is 1. The van der Waals surface area contributed by atoms with Gasteiger partial charge in [-0.1, -0.05) is 6.07 Å². The highest BCUT2D eigenvalue weighted by Crippen LogP contribution is 2.17. The van der Waals surface area contributed by atoms with Crippen LogP contribution < -0.4 is 10.2 Å². The Labute approximate surface area is 164 Å². The van der Waals surface area contributed by atoms with Crippen molar-refractivity contribution < 1.29 is 4.79 Å². The molecule has 1 fully saturated rings. The van der Waals surface area contributed by atoms with Crippen LogP contribution in [0.2, 0.25) is 0 Å². The number of aromatic nitrogens is 4. The topological polar surface area (TPSA) is 90.0 Å². The highest BCUT2D eigenvalue weighted by Gasteiger charge is 2.23. The molecular weight excluding hydrogens is 354 g/mol. The second kappa shape index (κ2) is 7.84. The van der Waals surface area contributed by atoms with E-state index >= 15 is 0 Å². The number of urea groups is 1. The van der Waals surface area contributed by atoms with Crippen molar-refractivity contribution >= 4 is 22.9 Å². The first-order valence-corrected chi connectivity index (χ1v) is 9.56. The zero-order chi connectivity index (χ0) is 19.5. The lowest BCUT2D eigenvalue weighted by Crippen LogP contribution is -2.51. The number of carbonyl (C=O) groups excluding carboxylic acids is 1. The normalized spacial score (nSPS) is 16.9. The van der Waals surface area contributed by atoms with Gasteiger partial charge in [-0.2, -0.15) is 0 Å². The van der Waals surface area contributed by atoms with Crippen molar-refractivity contribution in [1.29, 1.82) is 0 Å². The van der Waals surface area contributed by atoms with Crippen molar-refractivity contribution in [1.82, 2.24) is 30.2 Å². The number of hydrogen-bond donors (Lipinski definition) is 2. The number of piperidine rings is 1. The van der Waals surface area contributed by atoms with Gasteiger partial charge in [0, 0.05) is 38.6 Å². The van der Waals surface area contributed by atoms with E-state index in [1.54, 1.807) is 30.5 Å². The molecule has 0 spiro atoms. The highest BCUT2D eigenvalue weighted by molar-refractivity contribution is 5.76. The summed E-state index contributed by atoms with van der Waals surface area (Å²) in [7, 11) is 1.79. The van der Waals surface area contributed by atoms with Gasteiger partial charge in [0.25, 0.3) is 0 Å². The first-order chi connectivity index (χ1) is 13.6. The van der Waals surface area contributed by atoms with Crippen LogP contribution in [0.15, 0.2) is 36.8 Å². The molecule has 3 aromatic rings. The minimum absolute atomic E-state index is 0.0871. The molecule has 0 aliphatic carbocycles. The molecule has 8 heteroatoms. The van der Waals surface area contributed by atoms with Crippen LogP contribution in [0.4, 0.5) is 10.6 Å². The summed E-state index contributed by atoms with van der Waals surface area (Å²) in [5.74, 6) is 1.63. The number of aromatic amines is 1. The molecule has 8 nitrogen and oxygen atoms in total. The molecule has 0 radical (unpaired) electrons. The number of nitrogens with one attached hydrogen (secondary N) is 2. The number of hydrogen-bond acceptors (Lipinski definition) is 5. The van der Waals surface area contributed by atoms with Gasteiger partial charge in [-0.25, -0.2) is 14.8 Å². The molecule has 0 saturated carbocycles. The number of H-pyrrole nitrogens is 1. The third-order valence-electron chi connectivity index (χ3n) is 5.04. The molecule has 146 valence electrons. The number of carbonyl (C=O) groups is 1. The summed E-state index contributed by atoms with van der Waals surface area (Å²) >= 11 is 0. The van der Waals surface area contributed by atoms with Crippen molar-refractivity contribution in [3.63, 3.8) is 0 Å². The SMILES string of the molecule is Cc1ccc2nc(CN(C)C(=O)N[C@H]3CCCN(c4cnccn4)C3)[nH]c2c1. The lowest BCUT2D eigenvalue weighted by molar-refractivity contribution is 0.200. The van der Waals surface area contributed by atoms with E-state index in [4.69, 9.17) is 0 Å². The first kappa shape index (κ1) is 18.2. The van der Waals surface area contributed by atoms with E-state index in [1.165, 1.54) is 5.56 Å². The average molecular weight is 379 g/mol. The molecule has 0 bridgehead atoms. The van der Waals surface area contributed by atoms with E-state index in [-0.39, 0.29) is 12.1 Å². The monoisotopic (exact) mass is 379 g/mol. The zero-order valence-corrected chi connectivity index (χ0v) is 16.2. The number of rotatable bonds is 4. The summed E-state index contributed by atoms with van der Waals surface area (Å²) in [4.78, 5) is 32.9. The van der Waals surface area contributed by atoms with Crippen LogP contribution in [0.3, 0.4) is 0 Å². The van der Waals surface area contributed by atoms with E-state index in [0.29, 0.717) is 6.54 Å². The van der Waals surface area contributed by atoms with Crippen LogP contribution in [0, 0.1) is 6.92 Å². The van der Waals surface area contributed by atoms with Crippen LogP contribution in [0.1, 0.15) is 24.2 Å². The molecule has 1 aromatic carbocycles. The third kappa shape index (κ3) is 4.05. The van der Waals surface area contributed by atoms with E-state index < -0.39 is 0 Å². The lowest BCUT2D eigenvalue weighted by Gasteiger charge is -2.34. The summed E-state index contributed by atoms with van der Waals surface area (Å²) in [5, 5.41) is 3.14. The Hall–Kier alpha value is -3.16. The molecule has 4 rings (SSSR count). The van der Waals surface area contributed by atoms with Gasteiger partial charge in [0.2, 0.25) is 0 Å². The molecule has 0 unspecified atom stereocenters. The van der Waals surface area contributed by atoms with Gasteiger partial charge in [-0.15, -0.1) is 0 Å². The van der Waals surface area contributed by atoms with E-state index in [0.717, 1.165) is 48.6 Å². The quantitative estimate of drug-likeness (QED) is 0.727. The predicted molar refractivity (Wildman–Crippen MR) is 108 cm³/mol. The fraction of sp³-hybridized carbons (Fsp3) is 0.400. The maximum Gasteiger partial charge on any atom is 0.317 e. The van der Waals surface area contributed by atoms with Gasteiger partial charge < -0.3 is 20.1 Å². The first-order valence-electron chi connectivity index (χ1n) is 9.56. The van der Waals surface area contributed by atoms with Crippen LogP contribution in [0.5, 0.6) is 0 Å². The van der Waals surface area contributed by atoms with Gasteiger partial charge in [0.15, 0.2) is 0 Å². The van der Waals surface area contributed by atoms with Crippen molar-refractivity contribution in [2.45, 2.75) is 32.4 Å². The second-order valence-corrected chi connectivity index (χ2v) is 7.36. The summed E-state index contributed by atoms with van der Waals surface area (Å²) < 4.78 is 0. The number of fused-ring (bicyclic) bond motifs is 1. The van der Waals surface area contributed by atoms with Crippen LogP contribution in [0.25, 0.3) is 11.0 Å². The molecule has 1 aliphatic heterocycles. The second-order valence-electron chi connectivity index (χ2n) is 7.36. The third-order valence-corrected chi connectivity index (χ3v) is 5.04. The largest absolute Gasteiger partial charge is 0.353 e. The Morgan fingerprint density at radius 1 is 1.39 bits per heavy atom. The lowest BCUT2D eigenvalue weighted by atomic mass is 10.1. The van der Waals surface area contributed by atoms with Crippen molar-refractivity contribution in [2.75, 3.05) is 25.0 Å². The molecule has 2 amide bonds. The van der Waals surface area contributed by atoms with Gasteiger partial charge in [0.1, 0.15) is 11.6 Å². The Kier molecular flexibility index (Phi) is 5.10. The van der Waals surface area contributed by atoms with Crippen LogP contribution >= 0.6 is 0 Å². The number of nitrogens with zero attached hydrogens (tertiary/aromatic N) is 5. The van der Waals surface area contributed by atoms with E-state index in [1.807, 2.05) is 19.1 Å². The van der Waals surface area contributed by atoms with Crippen LogP contribution in [-0.4, -0.2) is 57.0 Å². The maximum absolute atomic E-state index is 12.7. The molecule has 2 aromatic heterocycles. The number of aryl methyl sites for hydroxylation is 1. The van der Waals surface area contributed by atoms with Gasteiger partial charge in [0.05, 0.1) is 23.8 Å². The summed E-state index contributed by atoms with van der Waals surface area (Å²) in [6.45, 7) is 4.15. The summed E-state index contributed by atoms with van der Waals surface area (Å²) in [6, 6.07) is 6.09. The standard InChI is InChI=1S/C20H25N7O/c1-14-5-6-16-17(10-14)25-18(24-16)13-26(2)20(28)23-15-4-3-9-27(12-15)19-11-21-7-8-22-19/h5-8,10-11,15H,3-4,9,12-13H2,1-2H3,(H,23,28)(H,24,25)/t15-/m0/s1. The minimum atomic E-state index is -0.0948. The van der Waals surface area contributed by atoms with Crippen molar-refractivity contribution in [3.05, 3.63) is 48.2 Å². The maximum atomic E-state index is 12.7. The smallest absolute Gasteiger partial charge is 0.317 e. The van der Waals surface area contributed by atoms with Crippen molar-refractivity contribution in [2.24, 2.45) is 0 Å². The summed E-state index contributed by atoms with van der Waals surface area (Å²) in [5.41, 5.74) is 3.09. The van der Waals surface area contributed by atoms with E-state index in [2.05, 4.69) is 36.2 Å². The molecule has 3 heterocycles. The Morgan fingerprint density at radius 2 is 2.29 bits per heavy atom. The number of anilines is 1. The highest BCUT2D eigenvalue weighted by atomic mass is 16.2. The van der Waals surface area contributed by atoms with Gasteiger partial charge in [-0.3, -0.25) is 4.98 Å². The predicted octanol–water partition coefficient (Wildman–Crippen LogP) is 2.47. The molecular formula is C20H25N7O. The average Bonchev–Trinajstić information content (AvgIpc) is 3.10. The zero-order valence-electron chi connectivity index (χ0n) is 16.2. The number of amides is 2.